The molecule has 2 aromatic heterocycles. The van der Waals surface area contributed by atoms with Gasteiger partial charge in [0.2, 0.25) is 0 Å². The molecule has 0 fully saturated rings. The van der Waals surface area contributed by atoms with Crippen LogP contribution in [-0.2, 0) is 12.3 Å². The van der Waals surface area contributed by atoms with Crippen LogP contribution in [0.5, 0.6) is 0 Å². The van der Waals surface area contributed by atoms with E-state index >= 15 is 0 Å². The quantitative estimate of drug-likeness (QED) is 0.602. The fourth-order valence-corrected chi connectivity index (χ4v) is 3.42. The molecule has 0 saturated heterocycles. The second-order valence-electron chi connectivity index (χ2n) is 4.82. The lowest BCUT2D eigenvalue weighted by Crippen LogP contribution is -2.01. The minimum absolute atomic E-state index is 0.741. The van der Waals surface area contributed by atoms with Crippen LogP contribution in [0.2, 0.25) is 5.02 Å². The first-order chi connectivity index (χ1) is 10.8. The summed E-state index contributed by atoms with van der Waals surface area (Å²) >= 11 is 7.84. The molecular formula is C16H16ClN3OS. The zero-order valence-corrected chi connectivity index (χ0v) is 13.8. The van der Waals surface area contributed by atoms with E-state index in [1.165, 1.54) is 0 Å². The van der Waals surface area contributed by atoms with Crippen molar-refractivity contribution < 1.29 is 4.42 Å². The van der Waals surface area contributed by atoms with Crippen LogP contribution in [0, 0.1) is 0 Å². The Morgan fingerprint density at radius 1 is 1.18 bits per heavy atom. The lowest BCUT2D eigenvalue weighted by Gasteiger charge is -2.08. The highest BCUT2D eigenvalue weighted by Crippen LogP contribution is 2.28. The Morgan fingerprint density at radius 2 is 2.05 bits per heavy atom. The Morgan fingerprint density at radius 3 is 2.77 bits per heavy atom. The number of hydrogen-bond acceptors (Lipinski definition) is 4. The first kappa shape index (κ1) is 15.2. The molecule has 0 atom stereocenters. The minimum atomic E-state index is 0.741. The molecule has 2 heterocycles. The molecule has 0 unspecified atom stereocenters. The highest BCUT2D eigenvalue weighted by atomic mass is 35.5. The predicted molar refractivity (Wildman–Crippen MR) is 89.0 cm³/mol. The molecule has 114 valence electrons. The average Bonchev–Trinajstić information content (AvgIpc) is 3.16. The van der Waals surface area contributed by atoms with Crippen LogP contribution in [0.1, 0.15) is 18.9 Å². The molecular weight excluding hydrogens is 318 g/mol. The van der Waals surface area contributed by atoms with Gasteiger partial charge >= 0.3 is 0 Å². The van der Waals surface area contributed by atoms with E-state index in [2.05, 4.69) is 21.7 Å². The van der Waals surface area contributed by atoms with Gasteiger partial charge in [-0.3, -0.25) is 4.57 Å². The van der Waals surface area contributed by atoms with Gasteiger partial charge in [-0.1, -0.05) is 48.5 Å². The van der Waals surface area contributed by atoms with Crippen molar-refractivity contribution in [2.75, 3.05) is 0 Å². The summed E-state index contributed by atoms with van der Waals surface area (Å²) in [6, 6.07) is 11.6. The monoisotopic (exact) mass is 333 g/mol. The summed E-state index contributed by atoms with van der Waals surface area (Å²) in [5.74, 6) is 2.28. The van der Waals surface area contributed by atoms with E-state index in [1.807, 2.05) is 36.4 Å². The average molecular weight is 334 g/mol. The molecule has 0 radical (unpaired) electrons. The Balaban J connectivity index is 1.83. The lowest BCUT2D eigenvalue weighted by atomic mass is 10.2. The predicted octanol–water partition coefficient (Wildman–Crippen LogP) is 4.89. The second kappa shape index (κ2) is 7.03. The number of aromatic nitrogens is 3. The molecule has 4 nitrogen and oxygen atoms in total. The van der Waals surface area contributed by atoms with Crippen LogP contribution >= 0.6 is 23.4 Å². The van der Waals surface area contributed by atoms with Crippen molar-refractivity contribution in [3.8, 4) is 11.6 Å². The van der Waals surface area contributed by atoms with Gasteiger partial charge in [0.15, 0.2) is 16.7 Å². The summed E-state index contributed by atoms with van der Waals surface area (Å²) in [6.45, 7) is 2.99. The van der Waals surface area contributed by atoms with Crippen LogP contribution in [0.25, 0.3) is 11.6 Å². The molecule has 0 spiro atoms. The maximum Gasteiger partial charge on any atom is 0.200 e. The van der Waals surface area contributed by atoms with Crippen molar-refractivity contribution in [2.45, 2.75) is 30.8 Å². The Bertz CT molecular complexity index is 740. The number of thioether (sulfide) groups is 1. The minimum Gasteiger partial charge on any atom is -0.461 e. The van der Waals surface area contributed by atoms with Gasteiger partial charge in [-0.25, -0.2) is 0 Å². The SMILES string of the molecule is CCCn1c(SCc2ccccc2Cl)nnc1-c1ccco1. The van der Waals surface area contributed by atoms with Gasteiger partial charge in [0.25, 0.3) is 0 Å². The zero-order valence-electron chi connectivity index (χ0n) is 12.2. The molecule has 0 N–H and O–H groups in total. The standard InChI is InChI=1S/C16H16ClN3OS/c1-2-9-20-15(14-8-5-10-21-14)18-19-16(20)22-11-12-6-3-4-7-13(12)17/h3-8,10H,2,9,11H2,1H3. The summed E-state index contributed by atoms with van der Waals surface area (Å²) in [5.41, 5.74) is 1.10. The van der Waals surface area contributed by atoms with E-state index in [4.69, 9.17) is 16.0 Å². The molecule has 0 saturated carbocycles. The number of benzene rings is 1. The molecule has 0 aliphatic rings. The summed E-state index contributed by atoms with van der Waals surface area (Å²) in [4.78, 5) is 0. The topological polar surface area (TPSA) is 43.9 Å². The molecule has 22 heavy (non-hydrogen) atoms. The molecule has 1 aromatic carbocycles. The van der Waals surface area contributed by atoms with Crippen molar-refractivity contribution >= 4 is 23.4 Å². The Kier molecular flexibility index (Phi) is 4.85. The third-order valence-corrected chi connectivity index (χ3v) is 4.60. The van der Waals surface area contributed by atoms with E-state index in [1.54, 1.807) is 18.0 Å². The maximum atomic E-state index is 6.21. The number of halogens is 1. The Labute approximate surface area is 138 Å². The summed E-state index contributed by atoms with van der Waals surface area (Å²) in [6.07, 6.45) is 2.66. The maximum absolute atomic E-state index is 6.21. The van der Waals surface area contributed by atoms with Crippen molar-refractivity contribution in [3.63, 3.8) is 0 Å². The number of rotatable bonds is 6. The molecule has 6 heteroatoms. The lowest BCUT2D eigenvalue weighted by molar-refractivity contribution is 0.559. The largest absolute Gasteiger partial charge is 0.461 e. The van der Waals surface area contributed by atoms with Crippen LogP contribution in [-0.4, -0.2) is 14.8 Å². The van der Waals surface area contributed by atoms with E-state index in [0.29, 0.717) is 0 Å². The van der Waals surface area contributed by atoms with Gasteiger partial charge in [0.05, 0.1) is 6.26 Å². The first-order valence-corrected chi connectivity index (χ1v) is 8.49. The van der Waals surface area contributed by atoms with E-state index in [-0.39, 0.29) is 0 Å². The summed E-state index contributed by atoms with van der Waals surface area (Å²) in [7, 11) is 0. The van der Waals surface area contributed by atoms with Gasteiger partial charge in [0, 0.05) is 17.3 Å². The highest BCUT2D eigenvalue weighted by molar-refractivity contribution is 7.98. The van der Waals surface area contributed by atoms with Crippen molar-refractivity contribution in [1.29, 1.82) is 0 Å². The highest BCUT2D eigenvalue weighted by Gasteiger charge is 2.16. The van der Waals surface area contributed by atoms with Gasteiger partial charge < -0.3 is 4.42 Å². The molecule has 3 aromatic rings. The fraction of sp³-hybridized carbons (Fsp3) is 0.250. The number of furan rings is 1. The Hall–Kier alpha value is -1.72. The van der Waals surface area contributed by atoms with Crippen molar-refractivity contribution in [1.82, 2.24) is 14.8 Å². The summed E-state index contributed by atoms with van der Waals surface area (Å²) < 4.78 is 7.55. The van der Waals surface area contributed by atoms with Crippen LogP contribution in [0.3, 0.4) is 0 Å². The molecule has 3 rings (SSSR count). The first-order valence-electron chi connectivity index (χ1n) is 7.13. The van der Waals surface area contributed by atoms with E-state index in [9.17, 15) is 0 Å². The molecule has 0 aliphatic heterocycles. The van der Waals surface area contributed by atoms with Gasteiger partial charge in [-0.2, -0.15) is 0 Å². The third kappa shape index (κ3) is 3.20. The fourth-order valence-electron chi connectivity index (χ4n) is 2.17. The van der Waals surface area contributed by atoms with E-state index < -0.39 is 0 Å². The summed E-state index contributed by atoms with van der Waals surface area (Å²) in [5, 5.41) is 10.2. The van der Waals surface area contributed by atoms with E-state index in [0.717, 1.165) is 46.0 Å². The molecule has 0 bridgehead atoms. The third-order valence-electron chi connectivity index (χ3n) is 3.22. The molecule has 0 amide bonds. The van der Waals surface area contributed by atoms with Crippen LogP contribution in [0.4, 0.5) is 0 Å². The van der Waals surface area contributed by atoms with Crippen LogP contribution < -0.4 is 0 Å². The second-order valence-corrected chi connectivity index (χ2v) is 6.16. The normalized spacial score (nSPS) is 11.0. The van der Waals surface area contributed by atoms with Gasteiger partial charge in [-0.15, -0.1) is 10.2 Å². The van der Waals surface area contributed by atoms with Gasteiger partial charge in [0.1, 0.15) is 0 Å². The zero-order chi connectivity index (χ0) is 15.4. The van der Waals surface area contributed by atoms with Crippen molar-refractivity contribution in [2.24, 2.45) is 0 Å². The number of hydrogen-bond donors (Lipinski definition) is 0. The van der Waals surface area contributed by atoms with Gasteiger partial charge in [-0.05, 0) is 30.2 Å². The van der Waals surface area contributed by atoms with Crippen molar-refractivity contribution in [3.05, 3.63) is 53.2 Å². The number of nitrogens with zero attached hydrogens (tertiary/aromatic N) is 3. The smallest absolute Gasteiger partial charge is 0.200 e. The van der Waals surface area contributed by atoms with Crippen LogP contribution in [0.15, 0.2) is 52.2 Å². The molecule has 0 aliphatic carbocycles.